The predicted octanol–water partition coefficient (Wildman–Crippen LogP) is 4.77. The smallest absolute Gasteiger partial charge is 0.0629 e. The quantitative estimate of drug-likeness (QED) is 0.653. The van der Waals surface area contributed by atoms with Crippen molar-refractivity contribution in [1.29, 1.82) is 0 Å². The molecule has 1 heteroatoms. The summed E-state index contributed by atoms with van der Waals surface area (Å²) >= 11 is 0. The highest BCUT2D eigenvalue weighted by Crippen LogP contribution is 2.10. The lowest BCUT2D eigenvalue weighted by molar-refractivity contribution is 1.46. The Morgan fingerprint density at radius 1 is 0.824 bits per heavy atom. The van der Waals surface area contributed by atoms with Crippen molar-refractivity contribution in [2.24, 2.45) is 4.99 Å². The molecule has 2 aromatic rings. The molecule has 0 unspecified atom stereocenters. The van der Waals surface area contributed by atoms with Crippen LogP contribution in [0.25, 0.3) is 0 Å². The molecule has 0 aromatic heterocycles. The monoisotopic (exact) mass is 225 g/mol. The summed E-state index contributed by atoms with van der Waals surface area (Å²) in [4.78, 5) is 4.38. The molecule has 88 valence electrons. The molecule has 2 aromatic carbocycles. The first kappa shape index (κ1) is 13.2. The zero-order valence-corrected chi connectivity index (χ0v) is 10.7. The lowest BCUT2D eigenvalue weighted by Gasteiger charge is -1.94. The molecule has 0 saturated carbocycles. The van der Waals surface area contributed by atoms with Gasteiger partial charge in [0.25, 0.3) is 0 Å². The Morgan fingerprint density at radius 2 is 1.41 bits per heavy atom. The van der Waals surface area contributed by atoms with Gasteiger partial charge in [-0.2, -0.15) is 0 Å². The summed E-state index contributed by atoms with van der Waals surface area (Å²) in [5.74, 6) is 0. The van der Waals surface area contributed by atoms with Crippen LogP contribution < -0.4 is 0 Å². The van der Waals surface area contributed by atoms with Gasteiger partial charge < -0.3 is 0 Å². The van der Waals surface area contributed by atoms with Crippen LogP contribution in [0.2, 0.25) is 0 Å². The van der Waals surface area contributed by atoms with Gasteiger partial charge in [0.15, 0.2) is 0 Å². The van der Waals surface area contributed by atoms with E-state index in [0.717, 1.165) is 11.3 Å². The maximum absolute atomic E-state index is 4.38. The summed E-state index contributed by atoms with van der Waals surface area (Å²) in [5.41, 5.74) is 3.38. The molecule has 0 aliphatic heterocycles. The van der Waals surface area contributed by atoms with E-state index < -0.39 is 0 Å². The maximum atomic E-state index is 4.38. The summed E-state index contributed by atoms with van der Waals surface area (Å²) in [7, 11) is 0. The van der Waals surface area contributed by atoms with Gasteiger partial charge in [-0.25, -0.2) is 0 Å². The first-order chi connectivity index (χ1) is 8.34. The molecule has 0 amide bonds. The Balaban J connectivity index is 0.000000686. The van der Waals surface area contributed by atoms with Gasteiger partial charge in [0, 0.05) is 6.21 Å². The molecule has 0 fully saturated rings. The number of aliphatic imine (C=N–C) groups is 1. The van der Waals surface area contributed by atoms with Gasteiger partial charge in [0.1, 0.15) is 0 Å². The van der Waals surface area contributed by atoms with Gasteiger partial charge in [-0.05, 0) is 24.6 Å². The van der Waals surface area contributed by atoms with Crippen molar-refractivity contribution in [3.05, 3.63) is 65.7 Å². The van der Waals surface area contributed by atoms with Crippen molar-refractivity contribution in [1.82, 2.24) is 0 Å². The largest absolute Gasteiger partial charge is 0.256 e. The minimum atomic E-state index is 0.984. The van der Waals surface area contributed by atoms with Crippen molar-refractivity contribution in [2.45, 2.75) is 20.8 Å². The summed E-state index contributed by atoms with van der Waals surface area (Å²) in [6.07, 6.45) is 1.88. The maximum Gasteiger partial charge on any atom is 0.0629 e. The lowest BCUT2D eigenvalue weighted by Crippen LogP contribution is -1.80. The van der Waals surface area contributed by atoms with Gasteiger partial charge in [0.05, 0.1) is 5.69 Å². The normalized spacial score (nSPS) is 9.82. The molecule has 0 atom stereocenters. The second-order valence-electron chi connectivity index (χ2n) is 3.50. The van der Waals surface area contributed by atoms with E-state index in [1.54, 1.807) is 0 Å². The number of benzene rings is 2. The van der Waals surface area contributed by atoms with Gasteiger partial charge in [-0.3, -0.25) is 4.99 Å². The number of hydrogen-bond donors (Lipinski definition) is 0. The Bertz CT molecular complexity index is 441. The van der Waals surface area contributed by atoms with Gasteiger partial charge in [-0.1, -0.05) is 61.9 Å². The van der Waals surface area contributed by atoms with Crippen molar-refractivity contribution >= 4 is 11.9 Å². The van der Waals surface area contributed by atoms with Crippen LogP contribution in [-0.4, -0.2) is 6.21 Å². The molecule has 0 bridgehead atoms. The fourth-order valence-electron chi connectivity index (χ4n) is 1.32. The summed E-state index contributed by atoms with van der Waals surface area (Å²) < 4.78 is 0. The zero-order valence-electron chi connectivity index (χ0n) is 10.7. The van der Waals surface area contributed by atoms with E-state index in [9.17, 15) is 0 Å². The second kappa shape index (κ2) is 7.39. The van der Waals surface area contributed by atoms with E-state index in [2.05, 4.69) is 36.2 Å². The third-order valence-electron chi connectivity index (χ3n) is 2.20. The predicted molar refractivity (Wildman–Crippen MR) is 76.2 cm³/mol. The van der Waals surface area contributed by atoms with Crippen LogP contribution in [0.5, 0.6) is 0 Å². The van der Waals surface area contributed by atoms with Crippen LogP contribution in [0.4, 0.5) is 5.69 Å². The molecular weight excluding hydrogens is 206 g/mol. The van der Waals surface area contributed by atoms with Crippen LogP contribution >= 0.6 is 0 Å². The van der Waals surface area contributed by atoms with E-state index in [1.807, 2.05) is 50.4 Å². The second-order valence-corrected chi connectivity index (χ2v) is 3.50. The third-order valence-corrected chi connectivity index (χ3v) is 2.20. The number of hydrogen-bond acceptors (Lipinski definition) is 1. The zero-order chi connectivity index (χ0) is 12.5. The number of rotatable bonds is 2. The van der Waals surface area contributed by atoms with Crippen LogP contribution in [0.15, 0.2) is 59.6 Å². The average molecular weight is 225 g/mol. The molecule has 2 rings (SSSR count). The van der Waals surface area contributed by atoms with Crippen molar-refractivity contribution in [3.8, 4) is 0 Å². The Morgan fingerprint density at radius 3 is 2.00 bits per heavy atom. The Labute approximate surface area is 104 Å². The van der Waals surface area contributed by atoms with Crippen LogP contribution in [0.3, 0.4) is 0 Å². The highest BCUT2D eigenvalue weighted by Gasteiger charge is 1.87. The summed E-state index contributed by atoms with van der Waals surface area (Å²) in [6.45, 7) is 6.08. The molecule has 17 heavy (non-hydrogen) atoms. The fourth-order valence-corrected chi connectivity index (χ4v) is 1.32. The molecule has 0 aliphatic carbocycles. The summed E-state index contributed by atoms with van der Waals surface area (Å²) in [6, 6.07) is 18.3. The molecule has 0 spiro atoms. The van der Waals surface area contributed by atoms with Crippen LogP contribution in [0.1, 0.15) is 25.0 Å². The van der Waals surface area contributed by atoms with Crippen molar-refractivity contribution < 1.29 is 0 Å². The highest BCUT2D eigenvalue weighted by molar-refractivity contribution is 5.81. The number of nitrogens with zero attached hydrogens (tertiary/aromatic N) is 1. The molecule has 1 nitrogen and oxygen atoms in total. The van der Waals surface area contributed by atoms with E-state index in [0.29, 0.717) is 0 Å². The topological polar surface area (TPSA) is 12.4 Å². The van der Waals surface area contributed by atoms with E-state index in [1.165, 1.54) is 5.56 Å². The van der Waals surface area contributed by atoms with Crippen molar-refractivity contribution in [2.75, 3.05) is 0 Å². The SMILES string of the molecule is CC.Cc1ccc(C=Nc2ccccc2)cc1. The summed E-state index contributed by atoms with van der Waals surface area (Å²) in [5, 5.41) is 0. The van der Waals surface area contributed by atoms with Crippen LogP contribution in [-0.2, 0) is 0 Å². The molecule has 0 saturated heterocycles. The number of para-hydroxylation sites is 1. The number of aryl methyl sites for hydroxylation is 1. The van der Waals surface area contributed by atoms with Gasteiger partial charge in [-0.15, -0.1) is 0 Å². The third kappa shape index (κ3) is 4.64. The first-order valence-electron chi connectivity index (χ1n) is 6.00. The molecule has 0 N–H and O–H groups in total. The van der Waals surface area contributed by atoms with Crippen LogP contribution in [0, 0.1) is 6.92 Å². The molecule has 0 radical (unpaired) electrons. The molecule has 0 aliphatic rings. The Kier molecular flexibility index (Phi) is 5.73. The standard InChI is InChI=1S/C14H13N.C2H6/c1-12-7-9-13(10-8-12)11-15-14-5-3-2-4-6-14;1-2/h2-11H,1H3;1-2H3. The lowest BCUT2D eigenvalue weighted by atomic mass is 10.2. The van der Waals surface area contributed by atoms with E-state index in [4.69, 9.17) is 0 Å². The molecule has 0 heterocycles. The highest BCUT2D eigenvalue weighted by atomic mass is 14.7. The van der Waals surface area contributed by atoms with Crippen molar-refractivity contribution in [3.63, 3.8) is 0 Å². The van der Waals surface area contributed by atoms with E-state index in [-0.39, 0.29) is 0 Å². The minimum absolute atomic E-state index is 0.984. The fraction of sp³-hybridized carbons (Fsp3) is 0.188. The van der Waals surface area contributed by atoms with E-state index >= 15 is 0 Å². The first-order valence-corrected chi connectivity index (χ1v) is 6.00. The molecular formula is C16H19N. The van der Waals surface area contributed by atoms with Gasteiger partial charge in [0.2, 0.25) is 0 Å². The Hall–Kier alpha value is -1.89. The average Bonchev–Trinajstić information content (AvgIpc) is 2.42. The minimum Gasteiger partial charge on any atom is -0.256 e. The van der Waals surface area contributed by atoms with Gasteiger partial charge >= 0.3 is 0 Å².